The van der Waals surface area contributed by atoms with Crippen molar-refractivity contribution >= 4 is 70.0 Å². The Morgan fingerprint density at radius 1 is 0.373 bits per heavy atom. The van der Waals surface area contributed by atoms with E-state index < -0.39 is 54.3 Å². The Hall–Kier alpha value is -14.3. The third-order valence-electron chi connectivity index (χ3n) is 15.5. The summed E-state index contributed by atoms with van der Waals surface area (Å²) < 4.78 is 10.8. The lowest BCUT2D eigenvalue weighted by atomic mass is 9.91. The molecule has 4 amide bonds. The van der Waals surface area contributed by atoms with Crippen LogP contribution in [0.1, 0.15) is 101 Å². The summed E-state index contributed by atoms with van der Waals surface area (Å²) in [5.41, 5.74) is 14.7. The first-order chi connectivity index (χ1) is 53.6. The van der Waals surface area contributed by atoms with Gasteiger partial charge < -0.3 is 19.7 Å². The minimum Gasteiger partial charge on any atom is -0.481 e. The molecule has 0 atom stereocenters. The molecule has 0 aliphatic carbocycles. The average Bonchev–Trinajstić information content (AvgIpc) is 0.812. The quantitative estimate of drug-likeness (QED) is 0.00935. The van der Waals surface area contributed by atoms with Gasteiger partial charge in [-0.2, -0.15) is 0 Å². The van der Waals surface area contributed by atoms with Crippen molar-refractivity contribution < 1.29 is 78.9 Å². The van der Waals surface area contributed by atoms with E-state index in [0.717, 1.165) is 44.2 Å². The van der Waals surface area contributed by atoms with Gasteiger partial charge in [-0.3, -0.25) is 69.2 Å². The summed E-state index contributed by atoms with van der Waals surface area (Å²) in [5, 5.41) is 54.0. The second-order valence-corrected chi connectivity index (χ2v) is 23.1. The summed E-state index contributed by atoms with van der Waals surface area (Å²) in [7, 11) is 0. The van der Waals surface area contributed by atoms with E-state index in [1.54, 1.807) is 150 Å². The summed E-state index contributed by atoms with van der Waals surface area (Å²) in [5.74, 6) is 0.601. The Morgan fingerprint density at radius 2 is 0.773 bits per heavy atom. The number of hydrogen-bond acceptors (Lipinski definition) is 18. The molecule has 12 aromatic carbocycles. The first-order valence-electron chi connectivity index (χ1n) is 33.7. The fourth-order valence-corrected chi connectivity index (χ4v) is 10.1. The summed E-state index contributed by atoms with van der Waals surface area (Å²) in [6, 6.07) is 93.5. The minimum absolute atomic E-state index is 0.0195. The van der Waals surface area contributed by atoms with Gasteiger partial charge in [-0.15, -0.1) is 6.42 Å². The van der Waals surface area contributed by atoms with Gasteiger partial charge in [0.05, 0.1) is 5.92 Å². The number of aliphatic imine (C=N–C) groups is 2. The van der Waals surface area contributed by atoms with Crippen molar-refractivity contribution in [2.75, 3.05) is 32.9 Å². The predicted molar refractivity (Wildman–Crippen MR) is 418 cm³/mol. The first kappa shape index (κ1) is 83.0. The van der Waals surface area contributed by atoms with Gasteiger partial charge in [0.2, 0.25) is 0 Å². The van der Waals surface area contributed by atoms with Gasteiger partial charge in [-0.05, 0) is 129 Å². The number of rotatable bonds is 23. The van der Waals surface area contributed by atoms with E-state index in [2.05, 4.69) is 15.9 Å². The van der Waals surface area contributed by atoms with Crippen LogP contribution in [0.5, 0.6) is 17.2 Å². The Bertz CT molecular complexity index is 5040. The van der Waals surface area contributed by atoms with Gasteiger partial charge in [0, 0.05) is 51.4 Å². The molecular formula is C88H76N6O16. The van der Waals surface area contributed by atoms with Gasteiger partial charge >= 0.3 is 0 Å². The molecule has 0 radical (unpaired) electrons. The van der Waals surface area contributed by atoms with Crippen molar-refractivity contribution in [3.8, 4) is 40.7 Å². The zero-order valence-electron chi connectivity index (χ0n) is 59.0. The van der Waals surface area contributed by atoms with Crippen LogP contribution in [0.2, 0.25) is 0 Å². The number of aliphatic hydroxyl groups excluding tert-OH is 2. The van der Waals surface area contributed by atoms with Crippen LogP contribution in [0.25, 0.3) is 21.9 Å². The maximum absolute atomic E-state index is 12.1. The fourth-order valence-electron chi connectivity index (χ4n) is 10.1. The van der Waals surface area contributed by atoms with Crippen molar-refractivity contribution in [3.63, 3.8) is 0 Å². The van der Waals surface area contributed by atoms with E-state index >= 15 is 0 Å². The zero-order valence-corrected chi connectivity index (χ0v) is 59.0. The highest BCUT2D eigenvalue weighted by molar-refractivity contribution is 6.07. The maximum atomic E-state index is 12.1. The molecule has 0 saturated heterocycles. The van der Waals surface area contributed by atoms with Crippen LogP contribution in [0.4, 0.5) is 0 Å². The molecule has 0 unspecified atom stereocenters. The predicted octanol–water partition coefficient (Wildman–Crippen LogP) is 13.7. The smallest absolute Gasteiger partial charge is 0.275 e. The number of hydrogen-bond donors (Lipinski definition) is 10. The lowest BCUT2D eigenvalue weighted by molar-refractivity contribution is -0.129. The van der Waals surface area contributed by atoms with Crippen molar-refractivity contribution in [3.05, 3.63) is 377 Å². The highest BCUT2D eigenvalue weighted by Gasteiger charge is 2.22. The first-order valence-corrected chi connectivity index (χ1v) is 33.7. The Morgan fingerprint density at radius 3 is 1.27 bits per heavy atom. The Labute approximate surface area is 633 Å². The van der Waals surface area contributed by atoms with Gasteiger partial charge in [-0.1, -0.05) is 236 Å². The van der Waals surface area contributed by atoms with Gasteiger partial charge in [-0.25, -0.2) is 21.9 Å². The number of carbonyl (C=O) groups excluding carboxylic acids is 8. The number of para-hydroxylation sites is 1. The molecule has 0 heterocycles. The van der Waals surface area contributed by atoms with Crippen LogP contribution in [-0.4, -0.2) is 123 Å². The molecule has 10 N–H and O–H groups in total. The van der Waals surface area contributed by atoms with E-state index in [-0.39, 0.29) is 31.3 Å². The van der Waals surface area contributed by atoms with Crippen LogP contribution in [-0.2, 0) is 4.79 Å². The van der Waals surface area contributed by atoms with Gasteiger partial charge in [0.15, 0.2) is 23.1 Å². The van der Waals surface area contributed by atoms with Crippen LogP contribution < -0.4 is 31.4 Å². The number of benzene rings is 12. The molecule has 0 aliphatic rings. The number of Topliss-reactive ketones (excluding diaryl/α,β-unsaturated/α-hetero) is 4. The number of amides is 4. The molecule has 22 heteroatoms. The van der Waals surface area contributed by atoms with Crippen LogP contribution in [0.15, 0.2) is 325 Å². The molecule has 0 aromatic heterocycles. The number of aliphatic hydroxyl groups is 2. The Balaban J connectivity index is 0.000000185. The number of fused-ring (bicyclic) bond motifs is 1. The molecule has 554 valence electrons. The molecule has 0 spiro atoms. The average molecular weight is 1470 g/mol. The van der Waals surface area contributed by atoms with E-state index in [9.17, 15) is 38.4 Å². The zero-order chi connectivity index (χ0) is 78.7. The van der Waals surface area contributed by atoms with Crippen LogP contribution >= 0.6 is 0 Å². The molecule has 0 aliphatic heterocycles. The molecule has 12 rings (SSSR count). The van der Waals surface area contributed by atoms with Crippen molar-refractivity contribution in [1.29, 1.82) is 0 Å². The monoisotopic (exact) mass is 1470 g/mol. The highest BCUT2D eigenvalue weighted by Crippen LogP contribution is 2.26. The Kier molecular flexibility index (Phi) is 34.6. The standard InChI is InChI=1S/C20H17NO4.C17H15NO3.C14H13NO2.C13H11NO3.C13H11NO2.C11H9NO2/c1-2-10-25-18-8-6-15(7-9-18)12-21-13-19(23)16-4-3-5-17(11-16)20(24)14-22;19-12-17(21)15-8-4-7-14(9-15)16(20)11-18-10-13-5-2-1-3-6-13;16-14(15-17)13(11-7-3-1-4-8-11)12-9-5-2-6-10-12;15-13(14-16)10-5-4-8-12(9-10)17-11-6-2-1-3-7-11;15-13(14-16)12-8-4-7-11(9-12)10-5-2-1-3-6-10;13-11(12-14)10-7-3-5-8-4-1-2-6-9(8)10/h1,3-9,11-12,22H,10,13-14H2;1-10,19H,11-12H2;1-10,13,17H,(H,15,16);1-9,16H,(H,14,15);1-9,16H,(H,14,15);1-7,14H,(H,12,13). The van der Waals surface area contributed by atoms with Crippen molar-refractivity contribution in [1.82, 2.24) is 21.9 Å². The number of nitrogens with zero attached hydrogens (tertiary/aromatic N) is 2. The van der Waals surface area contributed by atoms with Crippen molar-refractivity contribution in [2.24, 2.45) is 9.98 Å². The molecule has 22 nitrogen and oxygen atoms in total. The lowest BCUT2D eigenvalue weighted by Gasteiger charge is -2.15. The normalized spacial score (nSPS) is 10.2. The molecule has 0 fully saturated rings. The molecule has 12 aromatic rings. The summed E-state index contributed by atoms with van der Waals surface area (Å²) in [4.78, 5) is 101. The molecular weight excluding hydrogens is 1400 g/mol. The number of terminal acetylenes is 1. The number of hydroxylamine groups is 4. The van der Waals surface area contributed by atoms with Gasteiger partial charge in [0.1, 0.15) is 50.2 Å². The van der Waals surface area contributed by atoms with E-state index in [0.29, 0.717) is 56.2 Å². The minimum atomic E-state index is -0.586. The molecule has 0 saturated carbocycles. The largest absolute Gasteiger partial charge is 0.481 e. The highest BCUT2D eigenvalue weighted by atomic mass is 16.5. The summed E-state index contributed by atoms with van der Waals surface area (Å²) >= 11 is 0. The lowest BCUT2D eigenvalue weighted by Crippen LogP contribution is -2.27. The number of nitrogens with one attached hydrogen (secondary N) is 4. The van der Waals surface area contributed by atoms with Crippen LogP contribution in [0.3, 0.4) is 0 Å². The van der Waals surface area contributed by atoms with Crippen molar-refractivity contribution in [2.45, 2.75) is 5.92 Å². The maximum Gasteiger partial charge on any atom is 0.275 e. The van der Waals surface area contributed by atoms with E-state index in [1.165, 1.54) is 12.1 Å². The second kappa shape index (κ2) is 45.8. The third kappa shape index (κ3) is 27.0. The van der Waals surface area contributed by atoms with Gasteiger partial charge in [0.25, 0.3) is 23.6 Å². The fraction of sp³-hybridized carbons (Fsp3) is 0.0682. The SMILES string of the molecule is C#CCOc1ccc(C=NCC(=O)c2cccc(C(=O)CO)c2)cc1.O=C(CO)c1cccc(C(=O)CN=Cc2ccccc2)c1.O=C(NO)C(c1ccccc1)c1ccccc1.O=C(NO)c1cccc(-c2ccccc2)c1.O=C(NO)c1cccc(Oc2ccccc2)c1.O=C(NO)c1cccc2ccccc12. The number of ether oxygens (including phenoxy) is 2. The number of carbonyl (C=O) groups is 8. The van der Waals surface area contributed by atoms with E-state index in [4.69, 9.17) is 46.9 Å². The molecule has 0 bridgehead atoms. The summed E-state index contributed by atoms with van der Waals surface area (Å²) in [6.07, 6.45) is 8.35. The van der Waals surface area contributed by atoms with Crippen LogP contribution in [0, 0.1) is 12.3 Å². The topological polar surface area (TPSA) is 349 Å². The third-order valence-corrected chi connectivity index (χ3v) is 15.5. The second-order valence-electron chi connectivity index (χ2n) is 23.1. The van der Waals surface area contributed by atoms with E-state index in [1.807, 2.05) is 188 Å². The summed E-state index contributed by atoms with van der Waals surface area (Å²) in [6.45, 7) is -0.960. The number of ketones is 4. The molecule has 110 heavy (non-hydrogen) atoms.